The van der Waals surface area contributed by atoms with Crippen LogP contribution in [0.15, 0.2) is 35.7 Å². The van der Waals surface area contributed by atoms with Crippen LogP contribution in [0.5, 0.6) is 11.5 Å². The third-order valence-electron chi connectivity index (χ3n) is 3.58. The fraction of sp³-hybridized carbons (Fsp3) is 0.353. The molecule has 0 atom stereocenters. The van der Waals surface area contributed by atoms with Gasteiger partial charge in [-0.2, -0.15) is 0 Å². The van der Waals surface area contributed by atoms with Gasteiger partial charge in [0.2, 0.25) is 12.7 Å². The summed E-state index contributed by atoms with van der Waals surface area (Å²) in [5.74, 6) is 1.71. The number of carbonyl (C=O) groups is 1. The molecular formula is C17H19NO3S. The molecular weight excluding hydrogens is 298 g/mol. The minimum absolute atomic E-state index is 0.122. The van der Waals surface area contributed by atoms with Gasteiger partial charge in [0.05, 0.1) is 0 Å². The summed E-state index contributed by atoms with van der Waals surface area (Å²) < 4.78 is 10.6. The van der Waals surface area contributed by atoms with E-state index < -0.39 is 0 Å². The highest BCUT2D eigenvalue weighted by Gasteiger charge is 2.13. The van der Waals surface area contributed by atoms with Gasteiger partial charge in [-0.15, -0.1) is 11.3 Å². The number of fused-ring (bicyclic) bond motifs is 1. The summed E-state index contributed by atoms with van der Waals surface area (Å²) in [5.41, 5.74) is 1.14. The Morgan fingerprint density at radius 1 is 1.18 bits per heavy atom. The number of thiophene rings is 1. The van der Waals surface area contributed by atoms with E-state index in [4.69, 9.17) is 9.47 Å². The monoisotopic (exact) mass is 317 g/mol. The summed E-state index contributed by atoms with van der Waals surface area (Å²) in [6.07, 6.45) is 3.26. The van der Waals surface area contributed by atoms with Crippen molar-refractivity contribution in [2.75, 3.05) is 13.3 Å². The zero-order valence-electron chi connectivity index (χ0n) is 12.3. The molecule has 3 rings (SSSR count). The standard InChI is InChI=1S/C17H19NO3S/c19-17(5-1-3-14-4-2-10-22-14)18-9-8-13-6-7-15-16(11-13)21-12-20-15/h2,4,6-7,10-11H,1,3,5,8-9,12H2,(H,18,19). The lowest BCUT2D eigenvalue weighted by molar-refractivity contribution is -0.121. The second-order valence-corrected chi connectivity index (χ2v) is 6.25. The van der Waals surface area contributed by atoms with Crippen LogP contribution < -0.4 is 14.8 Å². The predicted molar refractivity (Wildman–Crippen MR) is 86.5 cm³/mol. The van der Waals surface area contributed by atoms with Crippen molar-refractivity contribution in [3.63, 3.8) is 0 Å². The van der Waals surface area contributed by atoms with Crippen molar-refractivity contribution in [1.82, 2.24) is 5.32 Å². The lowest BCUT2D eigenvalue weighted by atomic mass is 10.1. The first kappa shape index (κ1) is 14.9. The first-order chi connectivity index (χ1) is 10.8. The topological polar surface area (TPSA) is 47.6 Å². The molecule has 1 N–H and O–H groups in total. The van der Waals surface area contributed by atoms with E-state index in [2.05, 4.69) is 16.8 Å². The Labute approximate surface area is 134 Å². The molecule has 1 aromatic heterocycles. The molecule has 1 amide bonds. The van der Waals surface area contributed by atoms with Gasteiger partial charge in [0.25, 0.3) is 0 Å². The number of hydrogen-bond donors (Lipinski definition) is 1. The van der Waals surface area contributed by atoms with Crippen molar-refractivity contribution >= 4 is 17.2 Å². The number of hydrogen-bond acceptors (Lipinski definition) is 4. The van der Waals surface area contributed by atoms with Crippen LogP contribution in [0.3, 0.4) is 0 Å². The predicted octanol–water partition coefficient (Wildman–Crippen LogP) is 3.16. The number of ether oxygens (including phenoxy) is 2. The van der Waals surface area contributed by atoms with E-state index >= 15 is 0 Å². The molecule has 0 aliphatic carbocycles. The second-order valence-electron chi connectivity index (χ2n) is 5.22. The summed E-state index contributed by atoms with van der Waals surface area (Å²) in [7, 11) is 0. The van der Waals surface area contributed by atoms with Crippen LogP contribution in [0, 0.1) is 0 Å². The van der Waals surface area contributed by atoms with Crippen LogP contribution in [0.2, 0.25) is 0 Å². The Morgan fingerprint density at radius 3 is 2.95 bits per heavy atom. The molecule has 0 unspecified atom stereocenters. The van der Waals surface area contributed by atoms with Gasteiger partial charge >= 0.3 is 0 Å². The van der Waals surface area contributed by atoms with Crippen molar-refractivity contribution in [3.05, 3.63) is 46.2 Å². The molecule has 0 saturated heterocycles. The number of rotatable bonds is 7. The van der Waals surface area contributed by atoms with E-state index in [1.54, 1.807) is 11.3 Å². The minimum atomic E-state index is 0.122. The maximum absolute atomic E-state index is 11.8. The molecule has 116 valence electrons. The second kappa shape index (κ2) is 7.31. The number of carbonyl (C=O) groups excluding carboxylic acids is 1. The smallest absolute Gasteiger partial charge is 0.231 e. The fourth-order valence-corrected chi connectivity index (χ4v) is 3.16. The lowest BCUT2D eigenvalue weighted by Gasteiger charge is -2.06. The SMILES string of the molecule is O=C(CCCc1cccs1)NCCc1ccc2c(c1)OCO2. The molecule has 4 nitrogen and oxygen atoms in total. The van der Waals surface area contributed by atoms with Crippen LogP contribution in [-0.2, 0) is 17.6 Å². The Kier molecular flexibility index (Phi) is 4.96. The largest absolute Gasteiger partial charge is 0.454 e. The van der Waals surface area contributed by atoms with E-state index in [1.807, 2.05) is 24.3 Å². The maximum atomic E-state index is 11.8. The van der Waals surface area contributed by atoms with Crippen LogP contribution >= 0.6 is 11.3 Å². The Morgan fingerprint density at radius 2 is 2.09 bits per heavy atom. The highest BCUT2D eigenvalue weighted by atomic mass is 32.1. The maximum Gasteiger partial charge on any atom is 0.231 e. The normalized spacial score (nSPS) is 12.4. The van der Waals surface area contributed by atoms with E-state index in [0.29, 0.717) is 19.8 Å². The van der Waals surface area contributed by atoms with Gasteiger partial charge in [-0.1, -0.05) is 12.1 Å². The van der Waals surface area contributed by atoms with Gasteiger partial charge in [0, 0.05) is 17.8 Å². The molecule has 22 heavy (non-hydrogen) atoms. The van der Waals surface area contributed by atoms with Crippen molar-refractivity contribution in [3.8, 4) is 11.5 Å². The average molecular weight is 317 g/mol. The highest BCUT2D eigenvalue weighted by Crippen LogP contribution is 2.32. The Balaban J connectivity index is 1.35. The summed E-state index contributed by atoms with van der Waals surface area (Å²) in [4.78, 5) is 13.1. The third-order valence-corrected chi connectivity index (χ3v) is 4.52. The number of amides is 1. The molecule has 0 saturated carbocycles. The average Bonchev–Trinajstić information content (AvgIpc) is 3.17. The third kappa shape index (κ3) is 4.01. The summed E-state index contributed by atoms with van der Waals surface area (Å²) in [6.45, 7) is 0.942. The van der Waals surface area contributed by atoms with Crippen LogP contribution in [-0.4, -0.2) is 19.2 Å². The zero-order chi connectivity index (χ0) is 15.2. The Bertz CT molecular complexity index is 625. The lowest BCUT2D eigenvalue weighted by Crippen LogP contribution is -2.25. The number of aryl methyl sites for hydroxylation is 1. The first-order valence-corrected chi connectivity index (χ1v) is 8.37. The van der Waals surface area contributed by atoms with Crippen molar-refractivity contribution in [2.45, 2.75) is 25.7 Å². The van der Waals surface area contributed by atoms with Gasteiger partial charge in [0.15, 0.2) is 11.5 Å². The minimum Gasteiger partial charge on any atom is -0.454 e. The summed E-state index contributed by atoms with van der Waals surface area (Å²) in [5, 5.41) is 5.04. The molecule has 0 spiro atoms. The summed E-state index contributed by atoms with van der Waals surface area (Å²) in [6, 6.07) is 10.1. The molecule has 1 aliphatic rings. The fourth-order valence-electron chi connectivity index (χ4n) is 2.41. The molecule has 0 radical (unpaired) electrons. The van der Waals surface area contributed by atoms with Gasteiger partial charge in [-0.05, 0) is 48.4 Å². The first-order valence-electron chi connectivity index (χ1n) is 7.49. The van der Waals surface area contributed by atoms with Gasteiger partial charge in [-0.25, -0.2) is 0 Å². The van der Waals surface area contributed by atoms with Crippen molar-refractivity contribution < 1.29 is 14.3 Å². The quantitative estimate of drug-likeness (QED) is 0.853. The molecule has 2 aromatic rings. The molecule has 1 aromatic carbocycles. The van der Waals surface area contributed by atoms with Crippen molar-refractivity contribution in [2.24, 2.45) is 0 Å². The molecule has 2 heterocycles. The van der Waals surface area contributed by atoms with E-state index in [-0.39, 0.29) is 5.91 Å². The zero-order valence-corrected chi connectivity index (χ0v) is 13.2. The van der Waals surface area contributed by atoms with Gasteiger partial charge in [0.1, 0.15) is 0 Å². The number of nitrogens with one attached hydrogen (secondary N) is 1. The molecule has 1 aliphatic heterocycles. The van der Waals surface area contributed by atoms with Crippen LogP contribution in [0.1, 0.15) is 23.3 Å². The molecule has 5 heteroatoms. The summed E-state index contributed by atoms with van der Waals surface area (Å²) >= 11 is 1.75. The van der Waals surface area contributed by atoms with E-state index in [0.717, 1.165) is 36.3 Å². The van der Waals surface area contributed by atoms with Gasteiger partial charge in [-0.3, -0.25) is 4.79 Å². The molecule has 0 bridgehead atoms. The van der Waals surface area contributed by atoms with Crippen LogP contribution in [0.25, 0.3) is 0 Å². The van der Waals surface area contributed by atoms with Gasteiger partial charge < -0.3 is 14.8 Å². The van der Waals surface area contributed by atoms with E-state index in [1.165, 1.54) is 4.88 Å². The number of benzene rings is 1. The highest BCUT2D eigenvalue weighted by molar-refractivity contribution is 7.09. The van der Waals surface area contributed by atoms with E-state index in [9.17, 15) is 4.79 Å². The Hall–Kier alpha value is -2.01. The van der Waals surface area contributed by atoms with Crippen molar-refractivity contribution in [1.29, 1.82) is 0 Å². The van der Waals surface area contributed by atoms with Crippen LogP contribution in [0.4, 0.5) is 0 Å². The molecule has 0 fully saturated rings.